The number of anilines is 1. The highest BCUT2D eigenvalue weighted by molar-refractivity contribution is 7.92. The number of halogens is 2. The van der Waals surface area contributed by atoms with Gasteiger partial charge in [0.25, 0.3) is 10.0 Å². The highest BCUT2D eigenvalue weighted by Crippen LogP contribution is 2.24. The van der Waals surface area contributed by atoms with Gasteiger partial charge in [0.15, 0.2) is 0 Å². The third kappa shape index (κ3) is 3.23. The van der Waals surface area contributed by atoms with Crippen LogP contribution in [0.5, 0.6) is 0 Å². The Balaban J connectivity index is 2.41. The molecule has 1 N–H and O–H groups in total. The summed E-state index contributed by atoms with van der Waals surface area (Å²) in [6.07, 6.45) is 0. The van der Waals surface area contributed by atoms with Crippen molar-refractivity contribution in [2.24, 2.45) is 0 Å². The second-order valence-electron chi connectivity index (χ2n) is 4.28. The average molecular weight is 331 g/mol. The Hall–Kier alpha value is -1.30. The molecule has 1 aromatic heterocycles. The first-order chi connectivity index (χ1) is 9.29. The first kappa shape index (κ1) is 15.1. The van der Waals surface area contributed by atoms with Gasteiger partial charge in [-0.3, -0.25) is 4.72 Å². The molecule has 2 aromatic rings. The van der Waals surface area contributed by atoms with Gasteiger partial charge in [-0.05, 0) is 49.7 Å². The van der Waals surface area contributed by atoms with Crippen LogP contribution in [-0.4, -0.2) is 13.4 Å². The smallest absolute Gasteiger partial charge is 0.262 e. The predicted molar refractivity (Wildman–Crippen MR) is 81.0 cm³/mol. The van der Waals surface area contributed by atoms with Crippen LogP contribution in [0.4, 0.5) is 5.69 Å². The minimum absolute atomic E-state index is 0.177. The fourth-order valence-electron chi connectivity index (χ4n) is 1.75. The maximum absolute atomic E-state index is 12.4. The van der Waals surface area contributed by atoms with E-state index in [0.717, 1.165) is 0 Å². The molecule has 20 heavy (non-hydrogen) atoms. The molecular weight excluding hydrogens is 319 g/mol. The predicted octanol–water partition coefficient (Wildman–Crippen LogP) is 3.81. The van der Waals surface area contributed by atoms with Gasteiger partial charge >= 0.3 is 0 Å². The van der Waals surface area contributed by atoms with Crippen LogP contribution in [0.1, 0.15) is 11.3 Å². The summed E-state index contributed by atoms with van der Waals surface area (Å²) in [4.78, 5) is 4.18. The number of sulfonamides is 1. The van der Waals surface area contributed by atoms with Crippen LogP contribution < -0.4 is 4.72 Å². The molecule has 0 amide bonds. The summed E-state index contributed by atoms with van der Waals surface area (Å²) < 4.78 is 27.2. The van der Waals surface area contributed by atoms with Gasteiger partial charge in [-0.2, -0.15) is 0 Å². The molecule has 0 aliphatic carbocycles. The number of benzene rings is 1. The zero-order chi connectivity index (χ0) is 14.9. The minimum Gasteiger partial charge on any atom is -0.278 e. The Bertz CT molecular complexity index is 761. The summed E-state index contributed by atoms with van der Waals surface area (Å²) in [6, 6.07) is 7.71. The summed E-state index contributed by atoms with van der Waals surface area (Å²) in [6.45, 7) is 3.37. The summed E-state index contributed by atoms with van der Waals surface area (Å²) in [5, 5.41) is 0.805. The third-order valence-electron chi connectivity index (χ3n) is 2.72. The average Bonchev–Trinajstić information content (AvgIpc) is 2.32. The van der Waals surface area contributed by atoms with E-state index in [2.05, 4.69) is 9.71 Å². The first-order valence-electron chi connectivity index (χ1n) is 5.72. The Morgan fingerprint density at radius 3 is 2.40 bits per heavy atom. The van der Waals surface area contributed by atoms with E-state index in [1.165, 1.54) is 18.2 Å². The number of nitrogens with zero attached hydrogens (tertiary/aromatic N) is 1. The van der Waals surface area contributed by atoms with Gasteiger partial charge in [0.2, 0.25) is 0 Å². The van der Waals surface area contributed by atoms with E-state index in [1.54, 1.807) is 26.0 Å². The van der Waals surface area contributed by atoms with E-state index < -0.39 is 10.0 Å². The van der Waals surface area contributed by atoms with E-state index in [0.29, 0.717) is 27.1 Å². The van der Waals surface area contributed by atoms with Crippen LogP contribution in [0.25, 0.3) is 0 Å². The second kappa shape index (κ2) is 5.60. The van der Waals surface area contributed by atoms with Crippen LogP contribution in [-0.2, 0) is 10.0 Å². The zero-order valence-electron chi connectivity index (χ0n) is 10.8. The molecule has 0 unspecified atom stereocenters. The maximum atomic E-state index is 12.4. The lowest BCUT2D eigenvalue weighted by atomic mass is 10.2. The number of aromatic nitrogens is 1. The van der Waals surface area contributed by atoms with Gasteiger partial charge in [0, 0.05) is 5.02 Å². The Labute approximate surface area is 127 Å². The molecule has 0 aliphatic rings. The number of hydrogen-bond donors (Lipinski definition) is 1. The molecule has 4 nitrogen and oxygen atoms in total. The first-order valence-corrected chi connectivity index (χ1v) is 7.95. The lowest BCUT2D eigenvalue weighted by Gasteiger charge is -2.12. The van der Waals surface area contributed by atoms with E-state index in [1.807, 2.05) is 0 Å². The van der Waals surface area contributed by atoms with Crippen LogP contribution in [0.2, 0.25) is 10.2 Å². The van der Waals surface area contributed by atoms with Gasteiger partial charge in [0.05, 0.1) is 16.3 Å². The lowest BCUT2D eigenvalue weighted by Crippen LogP contribution is -2.15. The summed E-state index contributed by atoms with van der Waals surface area (Å²) in [5.74, 6) is 0. The third-order valence-corrected chi connectivity index (χ3v) is 4.69. The van der Waals surface area contributed by atoms with Gasteiger partial charge in [0.1, 0.15) is 5.15 Å². The normalized spacial score (nSPS) is 11.4. The summed E-state index contributed by atoms with van der Waals surface area (Å²) in [7, 11) is -3.69. The van der Waals surface area contributed by atoms with Crippen molar-refractivity contribution < 1.29 is 8.42 Å². The molecule has 0 saturated carbocycles. The number of aryl methyl sites for hydroxylation is 2. The monoisotopic (exact) mass is 330 g/mol. The minimum atomic E-state index is -3.69. The molecule has 0 aliphatic heterocycles. The van der Waals surface area contributed by atoms with Crippen LogP contribution in [0.3, 0.4) is 0 Å². The number of nitrogens with one attached hydrogen (secondary N) is 1. The molecule has 0 spiro atoms. The van der Waals surface area contributed by atoms with Crippen LogP contribution in [0.15, 0.2) is 35.2 Å². The molecule has 0 saturated heterocycles. The van der Waals surface area contributed by atoms with Gasteiger partial charge in [-0.1, -0.05) is 23.2 Å². The molecule has 0 atom stereocenters. The van der Waals surface area contributed by atoms with Crippen molar-refractivity contribution in [3.05, 3.63) is 51.8 Å². The molecular formula is C13H12Cl2N2O2S. The SMILES string of the molecule is Cc1cc(Cl)ccc1S(=O)(=O)Nc1ccc(Cl)nc1C. The molecule has 7 heteroatoms. The van der Waals surface area contributed by atoms with Gasteiger partial charge in [-0.25, -0.2) is 13.4 Å². The summed E-state index contributed by atoms with van der Waals surface area (Å²) >= 11 is 11.6. The van der Waals surface area contributed by atoms with Crippen molar-refractivity contribution >= 4 is 38.9 Å². The topological polar surface area (TPSA) is 59.1 Å². The maximum Gasteiger partial charge on any atom is 0.262 e. The molecule has 2 rings (SSSR count). The molecule has 106 valence electrons. The van der Waals surface area contributed by atoms with Gasteiger partial charge < -0.3 is 0 Å². The van der Waals surface area contributed by atoms with E-state index >= 15 is 0 Å². The van der Waals surface area contributed by atoms with Crippen molar-refractivity contribution in [2.45, 2.75) is 18.7 Å². The highest BCUT2D eigenvalue weighted by atomic mass is 35.5. The molecule has 1 aromatic carbocycles. The van der Waals surface area contributed by atoms with Crippen molar-refractivity contribution in [3.8, 4) is 0 Å². The van der Waals surface area contributed by atoms with Crippen molar-refractivity contribution in [2.75, 3.05) is 4.72 Å². The van der Waals surface area contributed by atoms with E-state index in [-0.39, 0.29) is 4.90 Å². The van der Waals surface area contributed by atoms with Crippen LogP contribution in [0, 0.1) is 13.8 Å². The Kier molecular flexibility index (Phi) is 4.22. The van der Waals surface area contributed by atoms with E-state index in [9.17, 15) is 8.42 Å². The molecule has 0 radical (unpaired) electrons. The fraction of sp³-hybridized carbons (Fsp3) is 0.154. The molecule has 0 bridgehead atoms. The second-order valence-corrected chi connectivity index (χ2v) is 6.76. The standard InChI is InChI=1S/C13H12Cl2N2O2S/c1-8-7-10(14)3-5-12(8)20(18,19)17-11-4-6-13(15)16-9(11)2/h3-7,17H,1-2H3. The van der Waals surface area contributed by atoms with E-state index in [4.69, 9.17) is 23.2 Å². The van der Waals surface area contributed by atoms with Crippen molar-refractivity contribution in [3.63, 3.8) is 0 Å². The van der Waals surface area contributed by atoms with Crippen molar-refractivity contribution in [1.82, 2.24) is 4.98 Å². The molecule has 0 fully saturated rings. The zero-order valence-corrected chi connectivity index (χ0v) is 13.1. The summed E-state index contributed by atoms with van der Waals surface area (Å²) in [5.41, 5.74) is 1.47. The fourth-order valence-corrected chi connectivity index (χ4v) is 3.51. The van der Waals surface area contributed by atoms with Gasteiger partial charge in [-0.15, -0.1) is 0 Å². The number of pyridine rings is 1. The largest absolute Gasteiger partial charge is 0.278 e. The quantitative estimate of drug-likeness (QED) is 0.870. The Morgan fingerprint density at radius 2 is 1.80 bits per heavy atom. The number of hydrogen-bond acceptors (Lipinski definition) is 3. The van der Waals surface area contributed by atoms with Crippen LogP contribution >= 0.6 is 23.2 Å². The molecule has 1 heterocycles. The van der Waals surface area contributed by atoms with Crippen molar-refractivity contribution in [1.29, 1.82) is 0 Å². The lowest BCUT2D eigenvalue weighted by molar-refractivity contribution is 0.600. The highest BCUT2D eigenvalue weighted by Gasteiger charge is 2.18. The Morgan fingerprint density at radius 1 is 1.10 bits per heavy atom. The number of rotatable bonds is 3.